The Bertz CT molecular complexity index is 1060. The number of carbonyl (C=O) groups excluding carboxylic acids is 2. The number of hydrogen-bond donors (Lipinski definition) is 0. The van der Waals surface area contributed by atoms with E-state index in [9.17, 15) is 18.4 Å². The van der Waals surface area contributed by atoms with Crippen LogP contribution in [0.5, 0.6) is 5.75 Å². The van der Waals surface area contributed by atoms with Crippen LogP contribution in [0, 0.1) is 20.8 Å². The number of thiazole rings is 1. The van der Waals surface area contributed by atoms with Gasteiger partial charge in [0.05, 0.1) is 17.1 Å². The number of rotatable bonds is 8. The van der Waals surface area contributed by atoms with E-state index < -0.39 is 12.6 Å². The highest BCUT2D eigenvalue weighted by molar-refractivity contribution is 7.09. The SMILES string of the molecule is Cc1nc(CC(=O)OCC(=O)c2cc(C)n(-c3ccc(OC(F)F)cc3)c2C)cs1. The van der Waals surface area contributed by atoms with Crippen LogP contribution >= 0.6 is 11.3 Å². The van der Waals surface area contributed by atoms with Gasteiger partial charge in [-0.15, -0.1) is 11.3 Å². The van der Waals surface area contributed by atoms with E-state index in [1.807, 2.05) is 18.4 Å². The van der Waals surface area contributed by atoms with Gasteiger partial charge in [0, 0.05) is 28.0 Å². The first kappa shape index (κ1) is 21.6. The van der Waals surface area contributed by atoms with Crippen molar-refractivity contribution >= 4 is 23.1 Å². The van der Waals surface area contributed by atoms with Crippen molar-refractivity contribution in [3.8, 4) is 11.4 Å². The highest BCUT2D eigenvalue weighted by Crippen LogP contribution is 2.24. The first-order valence-corrected chi connectivity index (χ1v) is 9.96. The van der Waals surface area contributed by atoms with E-state index in [-0.39, 0.29) is 24.6 Å². The lowest BCUT2D eigenvalue weighted by molar-refractivity contribution is -0.141. The molecular weight excluding hydrogens is 414 g/mol. The molecule has 158 valence electrons. The lowest BCUT2D eigenvalue weighted by atomic mass is 10.1. The van der Waals surface area contributed by atoms with Crippen LogP contribution in [-0.4, -0.2) is 34.5 Å². The third kappa shape index (κ3) is 5.10. The molecule has 0 aliphatic rings. The summed E-state index contributed by atoms with van der Waals surface area (Å²) in [5.74, 6) is -0.790. The van der Waals surface area contributed by atoms with Crippen LogP contribution in [0.15, 0.2) is 35.7 Å². The minimum absolute atomic E-state index is 0.0175. The Kier molecular flexibility index (Phi) is 6.61. The fourth-order valence-corrected chi connectivity index (χ4v) is 3.74. The number of hydrogen-bond acceptors (Lipinski definition) is 6. The molecule has 0 spiro atoms. The molecule has 3 aromatic rings. The molecule has 0 aliphatic carbocycles. The van der Waals surface area contributed by atoms with Crippen molar-refractivity contribution in [3.63, 3.8) is 0 Å². The summed E-state index contributed by atoms with van der Waals surface area (Å²) < 4.78 is 35.9. The van der Waals surface area contributed by atoms with Crippen molar-refractivity contribution < 1.29 is 27.8 Å². The van der Waals surface area contributed by atoms with Crippen molar-refractivity contribution in [2.45, 2.75) is 33.8 Å². The van der Waals surface area contributed by atoms with Gasteiger partial charge in [0.25, 0.3) is 0 Å². The van der Waals surface area contributed by atoms with E-state index in [4.69, 9.17) is 4.74 Å². The van der Waals surface area contributed by atoms with Gasteiger partial charge in [0.1, 0.15) is 5.75 Å². The van der Waals surface area contributed by atoms with Gasteiger partial charge in [-0.05, 0) is 51.1 Å². The molecule has 6 nitrogen and oxygen atoms in total. The van der Waals surface area contributed by atoms with Gasteiger partial charge in [-0.1, -0.05) is 0 Å². The van der Waals surface area contributed by atoms with Crippen LogP contribution in [0.3, 0.4) is 0 Å². The molecule has 0 aliphatic heterocycles. The average Bonchev–Trinajstić information content (AvgIpc) is 3.22. The molecule has 9 heteroatoms. The Balaban J connectivity index is 1.68. The van der Waals surface area contributed by atoms with E-state index in [1.165, 1.54) is 23.5 Å². The number of ketones is 1. The lowest BCUT2D eigenvalue weighted by Crippen LogP contribution is -2.16. The quantitative estimate of drug-likeness (QED) is 0.388. The Hall–Kier alpha value is -3.07. The molecule has 0 amide bonds. The first-order valence-electron chi connectivity index (χ1n) is 9.08. The third-order valence-electron chi connectivity index (χ3n) is 4.41. The summed E-state index contributed by atoms with van der Waals surface area (Å²) in [6.07, 6.45) is 0.0175. The zero-order chi connectivity index (χ0) is 21.8. The normalized spacial score (nSPS) is 11.0. The summed E-state index contributed by atoms with van der Waals surface area (Å²) in [6.45, 7) is 2.18. The largest absolute Gasteiger partial charge is 0.457 e. The van der Waals surface area contributed by atoms with Crippen molar-refractivity contribution in [1.82, 2.24) is 9.55 Å². The number of esters is 1. The van der Waals surface area contributed by atoms with Crippen molar-refractivity contribution in [2.75, 3.05) is 6.61 Å². The van der Waals surface area contributed by atoms with Crippen LogP contribution < -0.4 is 4.74 Å². The summed E-state index contributed by atoms with van der Waals surface area (Å²) in [6, 6.07) is 7.83. The summed E-state index contributed by atoms with van der Waals surface area (Å²) >= 11 is 1.44. The fraction of sp³-hybridized carbons (Fsp3) is 0.286. The van der Waals surface area contributed by atoms with Crippen LogP contribution in [0.2, 0.25) is 0 Å². The smallest absolute Gasteiger partial charge is 0.387 e. The van der Waals surface area contributed by atoms with E-state index >= 15 is 0 Å². The molecule has 0 unspecified atom stereocenters. The standard InChI is InChI=1S/C21H20F2N2O4S/c1-12-8-18(19(26)10-28-20(27)9-15-11-30-14(3)24-15)13(2)25(12)16-4-6-17(7-5-16)29-21(22)23/h4-8,11,21H,9-10H2,1-3H3. The van der Waals surface area contributed by atoms with E-state index in [1.54, 1.807) is 30.5 Å². The Morgan fingerprint density at radius 3 is 2.47 bits per heavy atom. The number of carbonyl (C=O) groups is 2. The Morgan fingerprint density at radius 2 is 1.87 bits per heavy atom. The molecule has 0 saturated carbocycles. The molecule has 0 bridgehead atoms. The molecule has 2 heterocycles. The molecular formula is C21H20F2N2O4S. The van der Waals surface area contributed by atoms with Gasteiger partial charge < -0.3 is 14.0 Å². The minimum Gasteiger partial charge on any atom is -0.457 e. The second kappa shape index (κ2) is 9.17. The topological polar surface area (TPSA) is 70.4 Å². The minimum atomic E-state index is -2.89. The number of benzene rings is 1. The van der Waals surface area contributed by atoms with Gasteiger partial charge >= 0.3 is 12.6 Å². The maximum Gasteiger partial charge on any atom is 0.387 e. The highest BCUT2D eigenvalue weighted by atomic mass is 32.1. The van der Waals surface area contributed by atoms with Crippen molar-refractivity contribution in [1.29, 1.82) is 0 Å². The van der Waals surface area contributed by atoms with Crippen LogP contribution in [0.4, 0.5) is 8.78 Å². The number of alkyl halides is 2. The average molecular weight is 434 g/mol. The molecule has 0 radical (unpaired) electrons. The number of halogens is 2. The summed E-state index contributed by atoms with van der Waals surface area (Å²) in [5.41, 5.74) is 3.18. The van der Waals surface area contributed by atoms with Crippen molar-refractivity contribution in [3.05, 3.63) is 63.4 Å². The predicted molar refractivity (Wildman–Crippen MR) is 108 cm³/mol. The number of Topliss-reactive ketones (excluding diaryl/α,β-unsaturated/α-hetero) is 1. The molecule has 0 N–H and O–H groups in total. The summed E-state index contributed by atoms with van der Waals surface area (Å²) in [5, 5.41) is 2.64. The predicted octanol–water partition coefficient (Wildman–Crippen LogP) is 4.43. The molecule has 0 saturated heterocycles. The second-order valence-electron chi connectivity index (χ2n) is 6.61. The fourth-order valence-electron chi connectivity index (χ4n) is 3.13. The van der Waals surface area contributed by atoms with E-state index in [2.05, 4.69) is 9.72 Å². The summed E-state index contributed by atoms with van der Waals surface area (Å²) in [7, 11) is 0. The monoisotopic (exact) mass is 434 g/mol. The molecule has 0 atom stereocenters. The van der Waals surface area contributed by atoms with Gasteiger partial charge in [0.2, 0.25) is 5.78 Å². The Morgan fingerprint density at radius 1 is 1.17 bits per heavy atom. The highest BCUT2D eigenvalue weighted by Gasteiger charge is 2.19. The van der Waals surface area contributed by atoms with Gasteiger partial charge in [-0.2, -0.15) is 8.78 Å². The Labute approximate surface area is 176 Å². The van der Waals surface area contributed by atoms with Gasteiger partial charge in [-0.3, -0.25) is 9.59 Å². The molecule has 3 rings (SSSR count). The maximum absolute atomic E-state index is 12.6. The lowest BCUT2D eigenvalue weighted by Gasteiger charge is -2.11. The summed E-state index contributed by atoms with van der Waals surface area (Å²) in [4.78, 5) is 28.8. The first-order chi connectivity index (χ1) is 14.2. The van der Waals surface area contributed by atoms with E-state index in [0.717, 1.165) is 10.7 Å². The van der Waals surface area contributed by atoms with Crippen molar-refractivity contribution in [2.24, 2.45) is 0 Å². The zero-order valence-corrected chi connectivity index (χ0v) is 17.5. The van der Waals surface area contributed by atoms with Gasteiger partial charge in [-0.25, -0.2) is 4.98 Å². The molecule has 2 aromatic heterocycles. The zero-order valence-electron chi connectivity index (χ0n) is 16.6. The van der Waals surface area contributed by atoms with Crippen LogP contribution in [0.25, 0.3) is 5.69 Å². The second-order valence-corrected chi connectivity index (χ2v) is 7.67. The number of ether oxygens (including phenoxy) is 2. The molecule has 30 heavy (non-hydrogen) atoms. The number of aryl methyl sites for hydroxylation is 2. The maximum atomic E-state index is 12.6. The van der Waals surface area contributed by atoms with Crippen LogP contribution in [0.1, 0.15) is 32.4 Å². The number of aromatic nitrogens is 2. The molecule has 0 fully saturated rings. The van der Waals surface area contributed by atoms with Gasteiger partial charge in [0.15, 0.2) is 6.61 Å². The number of nitrogens with zero attached hydrogens (tertiary/aromatic N) is 2. The third-order valence-corrected chi connectivity index (χ3v) is 5.23. The molecule has 1 aromatic carbocycles. The van der Waals surface area contributed by atoms with Crippen LogP contribution in [-0.2, 0) is 16.0 Å². The van der Waals surface area contributed by atoms with E-state index in [0.29, 0.717) is 22.6 Å².